The average Bonchev–Trinajstić information content (AvgIpc) is 2.36. The van der Waals surface area contributed by atoms with Crippen LogP contribution < -0.4 is 19.9 Å². The summed E-state index contributed by atoms with van der Waals surface area (Å²) in [5.74, 6) is 1.80. The van der Waals surface area contributed by atoms with Gasteiger partial charge in [0.25, 0.3) is 0 Å². The van der Waals surface area contributed by atoms with Crippen molar-refractivity contribution < 1.29 is 14.2 Å². The number of hydrogen-bond donors (Lipinski definition) is 1. The highest BCUT2D eigenvalue weighted by Crippen LogP contribution is 2.42. The highest BCUT2D eigenvalue weighted by molar-refractivity contribution is 5.56. The Kier molecular flexibility index (Phi) is 4.84. The molecule has 0 unspecified atom stereocenters. The number of ether oxygens (including phenoxy) is 3. The zero-order valence-corrected chi connectivity index (χ0v) is 10.5. The highest BCUT2D eigenvalue weighted by Gasteiger charge is 2.19. The van der Waals surface area contributed by atoms with Gasteiger partial charge in [0.15, 0.2) is 11.5 Å². The Morgan fingerprint density at radius 3 is 2.29 bits per heavy atom. The minimum atomic E-state index is -0.165. The molecular weight excluding hydrogens is 218 g/mol. The number of rotatable bonds is 6. The molecule has 1 aromatic carbocycles. The molecule has 0 fully saturated rings. The predicted octanol–water partition coefficient (Wildman–Crippen LogP) is 2.29. The first kappa shape index (κ1) is 13.4. The van der Waals surface area contributed by atoms with Gasteiger partial charge in [-0.3, -0.25) is 0 Å². The van der Waals surface area contributed by atoms with Crippen molar-refractivity contribution in [1.82, 2.24) is 0 Å². The summed E-state index contributed by atoms with van der Waals surface area (Å²) in [7, 11) is 4.74. The Bertz CT molecular complexity index is 390. The first-order valence-electron chi connectivity index (χ1n) is 5.34. The zero-order valence-electron chi connectivity index (χ0n) is 10.5. The smallest absolute Gasteiger partial charge is 0.203 e. The van der Waals surface area contributed by atoms with E-state index < -0.39 is 0 Å². The van der Waals surface area contributed by atoms with Crippen LogP contribution in [0.1, 0.15) is 18.0 Å². The van der Waals surface area contributed by atoms with E-state index in [0.29, 0.717) is 23.7 Å². The van der Waals surface area contributed by atoms with Gasteiger partial charge in [0.1, 0.15) is 0 Å². The zero-order chi connectivity index (χ0) is 12.8. The molecule has 0 saturated heterocycles. The largest absolute Gasteiger partial charge is 0.493 e. The Hall–Kier alpha value is -1.68. The third-order valence-corrected chi connectivity index (χ3v) is 2.55. The minimum absolute atomic E-state index is 0.165. The molecule has 0 spiro atoms. The lowest BCUT2D eigenvalue weighted by Crippen LogP contribution is -2.11. The molecule has 4 heteroatoms. The van der Waals surface area contributed by atoms with Gasteiger partial charge in [-0.2, -0.15) is 0 Å². The maximum Gasteiger partial charge on any atom is 0.203 e. The Morgan fingerprint density at radius 1 is 1.18 bits per heavy atom. The molecule has 1 atom stereocenters. The van der Waals surface area contributed by atoms with Gasteiger partial charge in [0.2, 0.25) is 5.75 Å². The quantitative estimate of drug-likeness (QED) is 0.771. The van der Waals surface area contributed by atoms with Gasteiger partial charge in [0, 0.05) is 11.6 Å². The molecule has 0 saturated carbocycles. The van der Waals surface area contributed by atoms with E-state index in [1.165, 1.54) is 0 Å². The lowest BCUT2D eigenvalue weighted by atomic mass is 10.0. The van der Waals surface area contributed by atoms with E-state index in [1.807, 2.05) is 12.1 Å². The minimum Gasteiger partial charge on any atom is -0.493 e. The predicted molar refractivity (Wildman–Crippen MR) is 67.8 cm³/mol. The maximum atomic E-state index is 6.05. The van der Waals surface area contributed by atoms with Crippen LogP contribution in [0.25, 0.3) is 0 Å². The van der Waals surface area contributed by atoms with Crippen molar-refractivity contribution in [2.24, 2.45) is 5.73 Å². The Balaban J connectivity index is 3.27. The summed E-state index contributed by atoms with van der Waals surface area (Å²) in [4.78, 5) is 0. The van der Waals surface area contributed by atoms with Crippen molar-refractivity contribution in [3.05, 3.63) is 30.4 Å². The molecule has 1 rings (SSSR count). The van der Waals surface area contributed by atoms with Crippen molar-refractivity contribution in [1.29, 1.82) is 0 Å². The highest BCUT2D eigenvalue weighted by atomic mass is 16.5. The van der Waals surface area contributed by atoms with Gasteiger partial charge in [-0.1, -0.05) is 6.08 Å². The van der Waals surface area contributed by atoms with Gasteiger partial charge in [-0.15, -0.1) is 6.58 Å². The summed E-state index contributed by atoms with van der Waals surface area (Å²) in [6.07, 6.45) is 2.45. The topological polar surface area (TPSA) is 53.7 Å². The summed E-state index contributed by atoms with van der Waals surface area (Å²) in [6.45, 7) is 3.68. The second-order valence-electron chi connectivity index (χ2n) is 3.55. The van der Waals surface area contributed by atoms with E-state index in [1.54, 1.807) is 27.4 Å². The molecule has 0 radical (unpaired) electrons. The Morgan fingerprint density at radius 2 is 1.82 bits per heavy atom. The van der Waals surface area contributed by atoms with Gasteiger partial charge >= 0.3 is 0 Å². The van der Waals surface area contributed by atoms with Crippen molar-refractivity contribution in [2.75, 3.05) is 21.3 Å². The summed E-state index contributed by atoms with van der Waals surface area (Å²) in [6, 6.07) is 3.54. The van der Waals surface area contributed by atoms with E-state index >= 15 is 0 Å². The number of methoxy groups -OCH3 is 3. The van der Waals surface area contributed by atoms with Gasteiger partial charge in [-0.25, -0.2) is 0 Å². The molecule has 0 amide bonds. The van der Waals surface area contributed by atoms with E-state index in [9.17, 15) is 0 Å². The average molecular weight is 237 g/mol. The fraction of sp³-hybridized carbons (Fsp3) is 0.385. The molecule has 0 aliphatic heterocycles. The van der Waals surface area contributed by atoms with Crippen LogP contribution in [0.15, 0.2) is 24.8 Å². The molecule has 17 heavy (non-hydrogen) atoms. The third kappa shape index (κ3) is 2.71. The molecule has 0 aliphatic carbocycles. The molecule has 0 aliphatic rings. The van der Waals surface area contributed by atoms with Crippen molar-refractivity contribution >= 4 is 0 Å². The van der Waals surface area contributed by atoms with Crippen molar-refractivity contribution in [2.45, 2.75) is 12.5 Å². The number of nitrogens with two attached hydrogens (primary N) is 1. The second kappa shape index (κ2) is 6.15. The summed E-state index contributed by atoms with van der Waals surface area (Å²) in [5, 5.41) is 0. The first-order valence-corrected chi connectivity index (χ1v) is 5.34. The molecule has 0 heterocycles. The fourth-order valence-corrected chi connectivity index (χ4v) is 1.72. The van der Waals surface area contributed by atoms with Crippen LogP contribution in [0.3, 0.4) is 0 Å². The van der Waals surface area contributed by atoms with Crippen LogP contribution in [0.5, 0.6) is 17.2 Å². The summed E-state index contributed by atoms with van der Waals surface area (Å²) >= 11 is 0. The molecular formula is C13H19NO3. The molecule has 0 aromatic heterocycles. The second-order valence-corrected chi connectivity index (χ2v) is 3.55. The van der Waals surface area contributed by atoms with Crippen LogP contribution in [0.4, 0.5) is 0 Å². The summed E-state index contributed by atoms with van der Waals surface area (Å²) < 4.78 is 15.9. The van der Waals surface area contributed by atoms with Crippen LogP contribution in [0, 0.1) is 0 Å². The van der Waals surface area contributed by atoms with Crippen LogP contribution >= 0.6 is 0 Å². The Labute approximate surface area is 102 Å². The van der Waals surface area contributed by atoms with Gasteiger partial charge < -0.3 is 19.9 Å². The van der Waals surface area contributed by atoms with Crippen LogP contribution in [-0.4, -0.2) is 21.3 Å². The number of hydrogen-bond acceptors (Lipinski definition) is 4. The van der Waals surface area contributed by atoms with Crippen LogP contribution in [0.2, 0.25) is 0 Å². The maximum absolute atomic E-state index is 6.05. The molecule has 2 N–H and O–H groups in total. The van der Waals surface area contributed by atoms with Crippen molar-refractivity contribution in [3.63, 3.8) is 0 Å². The molecule has 1 aromatic rings. The molecule has 94 valence electrons. The standard InChI is InChI=1S/C13H19NO3/c1-5-6-10(14)9-7-8-11(15-2)13(17-4)12(9)16-3/h5,7-8,10H,1,6,14H2,2-4H3/t10-/m0/s1. The summed E-state index contributed by atoms with van der Waals surface area (Å²) in [5.41, 5.74) is 6.93. The van der Waals surface area contributed by atoms with E-state index in [-0.39, 0.29) is 6.04 Å². The van der Waals surface area contributed by atoms with E-state index in [4.69, 9.17) is 19.9 Å². The van der Waals surface area contributed by atoms with Crippen molar-refractivity contribution in [3.8, 4) is 17.2 Å². The monoisotopic (exact) mass is 237 g/mol. The normalized spacial score (nSPS) is 11.8. The fourth-order valence-electron chi connectivity index (χ4n) is 1.72. The number of benzene rings is 1. The first-order chi connectivity index (χ1) is 8.19. The van der Waals surface area contributed by atoms with Gasteiger partial charge in [-0.05, 0) is 18.6 Å². The SMILES string of the molecule is C=CC[C@H](N)c1ccc(OC)c(OC)c1OC. The van der Waals surface area contributed by atoms with E-state index in [0.717, 1.165) is 5.56 Å². The lowest BCUT2D eigenvalue weighted by molar-refractivity contribution is 0.321. The lowest BCUT2D eigenvalue weighted by Gasteiger charge is -2.18. The van der Waals surface area contributed by atoms with Gasteiger partial charge in [0.05, 0.1) is 21.3 Å². The molecule has 4 nitrogen and oxygen atoms in total. The van der Waals surface area contributed by atoms with Crippen LogP contribution in [-0.2, 0) is 0 Å². The third-order valence-electron chi connectivity index (χ3n) is 2.55. The molecule has 0 bridgehead atoms. The van der Waals surface area contributed by atoms with E-state index in [2.05, 4.69) is 6.58 Å².